The predicted molar refractivity (Wildman–Crippen MR) is 231 cm³/mol. The number of quaternary nitrogens is 1. The molecule has 2 unspecified atom stereocenters. The van der Waals surface area contributed by atoms with Gasteiger partial charge in [0.05, 0.1) is 40.3 Å². The lowest BCUT2D eigenvalue weighted by Crippen LogP contribution is -2.55. The van der Waals surface area contributed by atoms with E-state index < -0.39 is 18.1 Å². The fourth-order valence-corrected chi connectivity index (χ4v) is 6.89. The van der Waals surface area contributed by atoms with Crippen LogP contribution >= 0.6 is 0 Å². The summed E-state index contributed by atoms with van der Waals surface area (Å²) in [4.78, 5) is 36.7. The number of hydrogen-bond acceptors (Lipinski definition) is 7. The van der Waals surface area contributed by atoms with Crippen molar-refractivity contribution in [1.29, 1.82) is 0 Å². The van der Waals surface area contributed by atoms with E-state index in [1.807, 2.05) is 0 Å². The fraction of sp³-hybridized carbons (Fsp3) is 0.854. The minimum atomic E-state index is -1.13. The molecule has 0 aliphatic carbocycles. The lowest BCUT2D eigenvalue weighted by molar-refractivity contribution is -0.889. The van der Waals surface area contributed by atoms with Crippen LogP contribution in [0.2, 0.25) is 0 Å². The van der Waals surface area contributed by atoms with E-state index in [0.29, 0.717) is 12.8 Å². The van der Waals surface area contributed by atoms with Crippen LogP contribution < -0.4 is 5.11 Å². The molecule has 0 bridgehead atoms. The van der Waals surface area contributed by atoms with Crippen molar-refractivity contribution in [3.63, 3.8) is 0 Å². The SMILES string of the molecule is CCCCCC/C=C/CCCC(=O)OC(COCCC(C(=O)[O-])[N+](C)(C)C)COC(=O)CCCCCCCCC/C=C/CCCCCCCCCCCCCC. The quantitative estimate of drug-likeness (QED) is 0.0262. The van der Waals surface area contributed by atoms with Gasteiger partial charge in [-0.15, -0.1) is 0 Å². The molecule has 328 valence electrons. The number of carboxylic acids is 1. The molecular weight excluding hydrogens is 703 g/mol. The van der Waals surface area contributed by atoms with E-state index in [9.17, 15) is 19.5 Å². The number of carbonyl (C=O) groups is 3. The Balaban J connectivity index is 4.15. The molecule has 0 saturated carbocycles. The van der Waals surface area contributed by atoms with E-state index in [4.69, 9.17) is 14.2 Å². The standard InChI is InChI=1S/C48H89NO7/c1-6-8-10-12-14-16-17-18-19-20-21-22-23-24-25-26-27-28-29-31-32-34-36-38-46(50)55-43-44(42-54-41-40-45(48(52)53)49(3,4)5)56-47(51)39-37-35-33-30-15-13-11-9-7-2/h24-25,30,33,44-45H,6-23,26-29,31-32,34-43H2,1-5H3/b25-24+,33-30+. The number of carboxylic acid groups (broad SMARTS) is 1. The molecule has 0 fully saturated rings. The third kappa shape index (κ3) is 37.4. The third-order valence-electron chi connectivity index (χ3n) is 10.6. The van der Waals surface area contributed by atoms with E-state index >= 15 is 0 Å². The van der Waals surface area contributed by atoms with Gasteiger partial charge in [0.1, 0.15) is 12.6 Å². The van der Waals surface area contributed by atoms with Crippen LogP contribution in [0.25, 0.3) is 0 Å². The molecule has 0 aliphatic rings. The Bertz CT molecular complexity index is 973. The van der Waals surface area contributed by atoms with Crippen LogP contribution in [-0.2, 0) is 28.6 Å². The molecule has 0 radical (unpaired) electrons. The zero-order valence-corrected chi connectivity index (χ0v) is 37.3. The van der Waals surface area contributed by atoms with Crippen LogP contribution in [0.15, 0.2) is 24.3 Å². The Kier molecular flexibility index (Phi) is 38.1. The minimum Gasteiger partial charge on any atom is -0.544 e. The summed E-state index contributed by atoms with van der Waals surface area (Å²) in [6.07, 6.45) is 43.7. The summed E-state index contributed by atoms with van der Waals surface area (Å²) in [5, 5.41) is 11.6. The fourth-order valence-electron chi connectivity index (χ4n) is 6.89. The number of nitrogens with zero attached hydrogens (tertiary/aromatic N) is 1. The zero-order chi connectivity index (χ0) is 41.4. The molecule has 0 aromatic heterocycles. The topological polar surface area (TPSA) is 102 Å². The van der Waals surface area contributed by atoms with Crippen LogP contribution in [0.4, 0.5) is 0 Å². The van der Waals surface area contributed by atoms with Gasteiger partial charge in [0.2, 0.25) is 0 Å². The molecule has 0 aromatic rings. The number of allylic oxidation sites excluding steroid dienone is 4. The maximum absolute atomic E-state index is 12.6. The molecule has 0 heterocycles. The summed E-state index contributed by atoms with van der Waals surface area (Å²) in [6, 6.07) is -0.727. The van der Waals surface area contributed by atoms with Crippen molar-refractivity contribution in [2.45, 2.75) is 225 Å². The Labute approximate surface area is 345 Å². The first-order valence-electron chi connectivity index (χ1n) is 23.4. The average molecular weight is 792 g/mol. The van der Waals surface area contributed by atoms with Crippen molar-refractivity contribution in [3.05, 3.63) is 24.3 Å². The van der Waals surface area contributed by atoms with Crippen molar-refractivity contribution in [3.8, 4) is 0 Å². The van der Waals surface area contributed by atoms with Gasteiger partial charge in [-0.25, -0.2) is 0 Å². The van der Waals surface area contributed by atoms with E-state index in [1.54, 1.807) is 21.1 Å². The summed E-state index contributed by atoms with van der Waals surface area (Å²) < 4.78 is 17.1. The summed E-state index contributed by atoms with van der Waals surface area (Å²) >= 11 is 0. The molecule has 0 aromatic carbocycles. The van der Waals surface area contributed by atoms with Gasteiger partial charge in [0, 0.05) is 19.3 Å². The highest BCUT2D eigenvalue weighted by Gasteiger charge is 2.25. The number of likely N-dealkylation sites (N-methyl/N-ethyl adjacent to an activating group) is 1. The molecule has 8 nitrogen and oxygen atoms in total. The van der Waals surface area contributed by atoms with E-state index in [-0.39, 0.29) is 49.1 Å². The number of ether oxygens (including phenoxy) is 3. The average Bonchev–Trinajstić information content (AvgIpc) is 3.15. The first-order chi connectivity index (χ1) is 27.1. The second kappa shape index (κ2) is 39.6. The normalized spacial score (nSPS) is 13.1. The Morgan fingerprint density at radius 2 is 0.911 bits per heavy atom. The van der Waals surface area contributed by atoms with E-state index in [2.05, 4.69) is 38.2 Å². The van der Waals surface area contributed by atoms with Crippen LogP contribution in [0.1, 0.15) is 213 Å². The van der Waals surface area contributed by atoms with Gasteiger partial charge in [0.25, 0.3) is 0 Å². The van der Waals surface area contributed by atoms with Gasteiger partial charge in [-0.2, -0.15) is 0 Å². The molecule has 0 aliphatic heterocycles. The predicted octanol–water partition coefficient (Wildman–Crippen LogP) is 11.5. The van der Waals surface area contributed by atoms with Gasteiger partial charge in [-0.3, -0.25) is 9.59 Å². The molecule has 0 saturated heterocycles. The van der Waals surface area contributed by atoms with Crippen molar-refractivity contribution in [2.24, 2.45) is 0 Å². The highest BCUT2D eigenvalue weighted by Crippen LogP contribution is 2.15. The molecule has 2 atom stereocenters. The van der Waals surface area contributed by atoms with Crippen LogP contribution in [0.5, 0.6) is 0 Å². The van der Waals surface area contributed by atoms with Gasteiger partial charge in [0.15, 0.2) is 6.10 Å². The van der Waals surface area contributed by atoms with Crippen LogP contribution in [0.3, 0.4) is 0 Å². The van der Waals surface area contributed by atoms with Crippen molar-refractivity contribution >= 4 is 17.9 Å². The summed E-state index contributed by atoms with van der Waals surface area (Å²) in [5.41, 5.74) is 0. The summed E-state index contributed by atoms with van der Waals surface area (Å²) in [5.74, 6) is -1.78. The number of hydrogen-bond donors (Lipinski definition) is 0. The molecule has 8 heteroatoms. The molecule has 0 amide bonds. The maximum Gasteiger partial charge on any atom is 0.306 e. The second-order valence-corrected chi connectivity index (χ2v) is 17.0. The van der Waals surface area contributed by atoms with E-state index in [0.717, 1.165) is 32.1 Å². The monoisotopic (exact) mass is 792 g/mol. The number of carbonyl (C=O) groups excluding carboxylic acids is 3. The molecule has 0 rings (SSSR count). The third-order valence-corrected chi connectivity index (χ3v) is 10.6. The van der Waals surface area contributed by atoms with Crippen LogP contribution in [-0.4, -0.2) is 75.5 Å². The maximum atomic E-state index is 12.6. The van der Waals surface area contributed by atoms with Crippen LogP contribution in [0, 0.1) is 0 Å². The lowest BCUT2D eigenvalue weighted by atomic mass is 10.0. The minimum absolute atomic E-state index is 0.0306. The van der Waals surface area contributed by atoms with Crippen molar-refractivity contribution in [1.82, 2.24) is 0 Å². The largest absolute Gasteiger partial charge is 0.544 e. The van der Waals surface area contributed by atoms with Crippen molar-refractivity contribution < 1.29 is 38.2 Å². The molecule has 0 spiro atoms. The number of esters is 2. The number of aliphatic carboxylic acids is 1. The first-order valence-corrected chi connectivity index (χ1v) is 23.4. The van der Waals surface area contributed by atoms with Gasteiger partial charge >= 0.3 is 11.9 Å². The molecule has 56 heavy (non-hydrogen) atoms. The highest BCUT2D eigenvalue weighted by atomic mass is 16.6. The van der Waals surface area contributed by atoms with Crippen molar-refractivity contribution in [2.75, 3.05) is 41.0 Å². The van der Waals surface area contributed by atoms with Gasteiger partial charge < -0.3 is 28.6 Å². The first kappa shape index (κ1) is 53.8. The Morgan fingerprint density at radius 3 is 1.36 bits per heavy atom. The molecule has 0 N–H and O–H groups in total. The summed E-state index contributed by atoms with van der Waals surface area (Å²) in [7, 11) is 5.40. The Hall–Kier alpha value is -2.19. The van der Waals surface area contributed by atoms with Gasteiger partial charge in [-0.05, 0) is 57.8 Å². The molecular formula is C48H89NO7. The zero-order valence-electron chi connectivity index (χ0n) is 37.3. The summed E-state index contributed by atoms with van der Waals surface area (Å²) in [6.45, 7) is 4.61. The van der Waals surface area contributed by atoms with Gasteiger partial charge in [-0.1, -0.05) is 160 Å². The number of rotatable bonds is 42. The second-order valence-electron chi connectivity index (χ2n) is 17.0. The lowest BCUT2D eigenvalue weighted by Gasteiger charge is -2.34. The van der Waals surface area contributed by atoms with E-state index in [1.165, 1.54) is 141 Å². The highest BCUT2D eigenvalue weighted by molar-refractivity contribution is 5.70. The smallest absolute Gasteiger partial charge is 0.306 e. The Morgan fingerprint density at radius 1 is 0.518 bits per heavy atom. The number of unbranched alkanes of at least 4 members (excludes halogenated alkanes) is 24.